The van der Waals surface area contributed by atoms with Crippen molar-refractivity contribution in [1.29, 1.82) is 0 Å². The molecule has 4 nitrogen and oxygen atoms in total. The van der Waals surface area contributed by atoms with E-state index in [0.29, 0.717) is 6.42 Å². The number of nitrogens with zero attached hydrogens (tertiary/aromatic N) is 3. The number of amides is 1. The normalized spacial score (nSPS) is 20.3. The minimum atomic E-state index is 0.199. The molecule has 0 saturated carbocycles. The van der Waals surface area contributed by atoms with Gasteiger partial charge in [0.2, 0.25) is 5.91 Å². The fraction of sp³-hybridized carbons (Fsp3) is 0.692. The zero-order valence-corrected chi connectivity index (χ0v) is 11.1. The Bertz CT molecular complexity index is 291. The number of hydrogen-bond donors (Lipinski definition) is 0. The molecule has 17 heavy (non-hydrogen) atoms. The van der Waals surface area contributed by atoms with Gasteiger partial charge in [-0.1, -0.05) is 13.0 Å². The third-order valence-corrected chi connectivity index (χ3v) is 3.08. The van der Waals surface area contributed by atoms with Crippen LogP contribution in [0.4, 0.5) is 0 Å². The molecule has 0 radical (unpaired) electrons. The molecule has 1 unspecified atom stereocenters. The van der Waals surface area contributed by atoms with E-state index >= 15 is 0 Å². The third-order valence-electron chi connectivity index (χ3n) is 3.08. The Hall–Kier alpha value is -1.16. The smallest absolute Gasteiger partial charge is 0.222 e. The highest BCUT2D eigenvalue weighted by molar-refractivity contribution is 5.75. The summed E-state index contributed by atoms with van der Waals surface area (Å²) in [4.78, 5) is 20.2. The van der Waals surface area contributed by atoms with Gasteiger partial charge in [0.05, 0.1) is 6.17 Å². The number of carbonyl (C=O) groups excluding carboxylic acids is 1. The molecule has 1 atom stereocenters. The van der Waals surface area contributed by atoms with Crippen LogP contribution in [0.2, 0.25) is 0 Å². The molecule has 1 heterocycles. The van der Waals surface area contributed by atoms with Crippen LogP contribution in [-0.4, -0.2) is 54.3 Å². The summed E-state index contributed by atoms with van der Waals surface area (Å²) in [6.07, 6.45) is 6.55. The monoisotopic (exact) mass is 237 g/mol. The van der Waals surface area contributed by atoms with Crippen molar-refractivity contribution in [3.05, 3.63) is 12.2 Å². The Labute approximate surface area is 104 Å². The van der Waals surface area contributed by atoms with Crippen molar-refractivity contribution in [1.82, 2.24) is 9.80 Å². The van der Waals surface area contributed by atoms with Gasteiger partial charge in [0.1, 0.15) is 0 Å². The Morgan fingerprint density at radius 1 is 1.35 bits per heavy atom. The lowest BCUT2D eigenvalue weighted by Crippen LogP contribution is -2.50. The SMILES string of the molecule is C/C=C\C=N/C(C)N1CCN(C(=O)CC)CC1. The van der Waals surface area contributed by atoms with E-state index < -0.39 is 0 Å². The predicted octanol–water partition coefficient (Wildman–Crippen LogP) is 1.53. The van der Waals surface area contributed by atoms with E-state index in [1.807, 2.05) is 37.1 Å². The zero-order chi connectivity index (χ0) is 12.7. The summed E-state index contributed by atoms with van der Waals surface area (Å²) in [5, 5.41) is 0. The summed E-state index contributed by atoms with van der Waals surface area (Å²) < 4.78 is 0. The summed E-state index contributed by atoms with van der Waals surface area (Å²) in [7, 11) is 0. The van der Waals surface area contributed by atoms with E-state index in [-0.39, 0.29) is 12.1 Å². The van der Waals surface area contributed by atoms with Crippen LogP contribution >= 0.6 is 0 Å². The second-order valence-electron chi connectivity index (χ2n) is 4.23. The van der Waals surface area contributed by atoms with Gasteiger partial charge in [-0.2, -0.15) is 0 Å². The second kappa shape index (κ2) is 7.22. The van der Waals surface area contributed by atoms with Gasteiger partial charge in [-0.25, -0.2) is 0 Å². The number of rotatable bonds is 4. The lowest BCUT2D eigenvalue weighted by atomic mass is 10.2. The van der Waals surface area contributed by atoms with Crippen molar-refractivity contribution in [2.75, 3.05) is 26.2 Å². The number of carbonyl (C=O) groups is 1. The first-order chi connectivity index (χ1) is 8.19. The average molecular weight is 237 g/mol. The van der Waals surface area contributed by atoms with Crippen LogP contribution in [0, 0.1) is 0 Å². The molecule has 1 saturated heterocycles. The minimum Gasteiger partial charge on any atom is -0.340 e. The maximum Gasteiger partial charge on any atom is 0.222 e. The Morgan fingerprint density at radius 3 is 2.53 bits per heavy atom. The Kier molecular flexibility index (Phi) is 5.91. The first-order valence-electron chi connectivity index (χ1n) is 6.35. The van der Waals surface area contributed by atoms with Gasteiger partial charge in [-0.3, -0.25) is 14.7 Å². The summed E-state index contributed by atoms with van der Waals surface area (Å²) in [6, 6.07) is 0. The van der Waals surface area contributed by atoms with Crippen molar-refractivity contribution >= 4 is 12.1 Å². The molecule has 0 aromatic heterocycles. The van der Waals surface area contributed by atoms with E-state index in [1.165, 1.54) is 0 Å². The molecule has 0 aliphatic carbocycles. The summed E-state index contributed by atoms with van der Waals surface area (Å²) in [5.74, 6) is 0.259. The van der Waals surface area contributed by atoms with Crippen LogP contribution in [0.3, 0.4) is 0 Å². The van der Waals surface area contributed by atoms with Gasteiger partial charge < -0.3 is 4.90 Å². The number of allylic oxidation sites excluding steroid dienone is 2. The van der Waals surface area contributed by atoms with Gasteiger partial charge in [0, 0.05) is 38.8 Å². The van der Waals surface area contributed by atoms with Gasteiger partial charge in [0.15, 0.2) is 0 Å². The van der Waals surface area contributed by atoms with Crippen LogP contribution < -0.4 is 0 Å². The number of hydrogen-bond acceptors (Lipinski definition) is 3. The molecular weight excluding hydrogens is 214 g/mol. The van der Waals surface area contributed by atoms with Crippen molar-refractivity contribution in [3.8, 4) is 0 Å². The van der Waals surface area contributed by atoms with E-state index in [0.717, 1.165) is 26.2 Å². The molecule has 1 rings (SSSR count). The van der Waals surface area contributed by atoms with Crippen molar-refractivity contribution in [2.45, 2.75) is 33.4 Å². The molecule has 1 aliphatic rings. The molecule has 0 N–H and O–H groups in total. The Balaban J connectivity index is 2.38. The van der Waals surface area contributed by atoms with E-state index in [2.05, 4.69) is 16.8 Å². The van der Waals surface area contributed by atoms with Crippen LogP contribution in [0.15, 0.2) is 17.1 Å². The van der Waals surface area contributed by atoms with Gasteiger partial charge >= 0.3 is 0 Å². The summed E-state index contributed by atoms with van der Waals surface area (Å²) in [5.41, 5.74) is 0. The van der Waals surface area contributed by atoms with Crippen LogP contribution in [0.1, 0.15) is 27.2 Å². The fourth-order valence-corrected chi connectivity index (χ4v) is 1.92. The van der Waals surface area contributed by atoms with Crippen molar-refractivity contribution in [3.63, 3.8) is 0 Å². The molecule has 1 aliphatic heterocycles. The maximum atomic E-state index is 11.5. The molecule has 1 amide bonds. The van der Waals surface area contributed by atoms with Crippen molar-refractivity contribution in [2.24, 2.45) is 4.99 Å². The number of aliphatic imine (C=N–C) groups is 1. The Morgan fingerprint density at radius 2 is 2.00 bits per heavy atom. The molecule has 0 aromatic rings. The van der Waals surface area contributed by atoms with Crippen LogP contribution in [-0.2, 0) is 4.79 Å². The standard InChI is InChI=1S/C13H23N3O/c1-4-6-7-14-12(3)15-8-10-16(11-9-15)13(17)5-2/h4,6-7,12H,5,8-11H2,1-3H3/b6-4-,14-7-. The highest BCUT2D eigenvalue weighted by Gasteiger charge is 2.22. The second-order valence-corrected chi connectivity index (χ2v) is 4.23. The molecule has 0 bridgehead atoms. The highest BCUT2D eigenvalue weighted by Crippen LogP contribution is 2.08. The minimum absolute atomic E-state index is 0.199. The molecule has 0 spiro atoms. The molecule has 96 valence electrons. The summed E-state index contributed by atoms with van der Waals surface area (Å²) >= 11 is 0. The van der Waals surface area contributed by atoms with E-state index in [4.69, 9.17) is 0 Å². The zero-order valence-electron chi connectivity index (χ0n) is 11.1. The lowest BCUT2D eigenvalue weighted by molar-refractivity contribution is -0.132. The quantitative estimate of drug-likeness (QED) is 0.695. The van der Waals surface area contributed by atoms with E-state index in [1.54, 1.807) is 0 Å². The molecule has 0 aromatic carbocycles. The van der Waals surface area contributed by atoms with Gasteiger partial charge in [-0.15, -0.1) is 0 Å². The first kappa shape index (κ1) is 13.9. The molecule has 1 fully saturated rings. The average Bonchev–Trinajstić information content (AvgIpc) is 2.38. The van der Waals surface area contributed by atoms with Crippen molar-refractivity contribution < 1.29 is 4.79 Å². The van der Waals surface area contributed by atoms with E-state index in [9.17, 15) is 4.79 Å². The first-order valence-corrected chi connectivity index (χ1v) is 6.35. The molecule has 4 heteroatoms. The lowest BCUT2D eigenvalue weighted by Gasteiger charge is -2.36. The summed E-state index contributed by atoms with van der Waals surface area (Å²) in [6.45, 7) is 9.48. The number of piperazine rings is 1. The largest absolute Gasteiger partial charge is 0.340 e. The fourth-order valence-electron chi connectivity index (χ4n) is 1.92. The highest BCUT2D eigenvalue weighted by atomic mass is 16.2. The van der Waals surface area contributed by atoms with Crippen LogP contribution in [0.25, 0.3) is 0 Å². The molecular formula is C13H23N3O. The third kappa shape index (κ3) is 4.30. The van der Waals surface area contributed by atoms with Gasteiger partial charge in [0.25, 0.3) is 0 Å². The predicted molar refractivity (Wildman–Crippen MR) is 71.2 cm³/mol. The van der Waals surface area contributed by atoms with Gasteiger partial charge in [-0.05, 0) is 19.9 Å². The maximum absolute atomic E-state index is 11.5. The topological polar surface area (TPSA) is 35.9 Å². The van der Waals surface area contributed by atoms with Crippen LogP contribution in [0.5, 0.6) is 0 Å².